The molecule has 2 aromatic carbocycles. The molecule has 3 aromatic rings. The number of ketones is 1. The SMILES string of the molecule is C=C(C)[C@H](CC=C(C)CCC[C@H](C)[C@H](OC1CCCCO1)C(C)C(=O)C(C)(Cc1cccnc1)[C@@H]1CCOC(C)(C)O1)O[Si](c1ccccc1)(c1ccccc1)C(C)(C)C. The summed E-state index contributed by atoms with van der Waals surface area (Å²) in [4.78, 5) is 19.5. The van der Waals surface area contributed by atoms with Crippen LogP contribution >= 0.6 is 0 Å². The zero-order valence-corrected chi connectivity index (χ0v) is 39.5. The standard InChI is InChI=1S/C52H75NO6Si/c1-38(2)45(59-60(50(6,7)8,43-25-14-12-15-26-43)44-27-16-13-17-28-44)31-30-39(3)22-20-23-40(4)48(57-47-29-18-19-34-55-47)41(5)49(54)52(11,36-42-24-21-33-53-37-42)46-32-35-56-51(9,10)58-46/h12-17,21,24-28,30,33,37,40-41,45-48H,1,18-20,22-23,29,31-32,34-36H2,2-11H3/t40-,41?,45-,46-,47?,48-,52?/m0/s1. The second kappa shape index (κ2) is 21.2. The quantitative estimate of drug-likeness (QED) is 0.0829. The minimum absolute atomic E-state index is 0.122. The number of hydrogen-bond donors (Lipinski definition) is 0. The minimum atomic E-state index is -2.75. The molecule has 0 radical (unpaired) electrons. The van der Waals surface area contributed by atoms with Gasteiger partial charge in [-0.05, 0) is 125 Å². The smallest absolute Gasteiger partial charge is 0.261 e. The number of hydrogen-bond acceptors (Lipinski definition) is 7. The van der Waals surface area contributed by atoms with Crippen molar-refractivity contribution in [3.8, 4) is 0 Å². The number of carbonyl (C=O) groups excluding carboxylic acids is 1. The molecule has 3 unspecified atom stereocenters. The van der Waals surface area contributed by atoms with E-state index in [0.29, 0.717) is 26.1 Å². The molecule has 2 aliphatic rings. The number of nitrogens with zero attached hydrogens (tertiary/aromatic N) is 1. The van der Waals surface area contributed by atoms with Crippen molar-refractivity contribution in [2.45, 2.75) is 162 Å². The Labute approximate surface area is 363 Å². The molecule has 0 saturated carbocycles. The fourth-order valence-corrected chi connectivity index (χ4v) is 14.3. The molecule has 328 valence electrons. The Balaban J connectivity index is 1.32. The highest BCUT2D eigenvalue weighted by Gasteiger charge is 2.52. The van der Waals surface area contributed by atoms with Gasteiger partial charge in [-0.15, -0.1) is 0 Å². The maximum atomic E-state index is 15.1. The molecule has 0 spiro atoms. The van der Waals surface area contributed by atoms with Crippen molar-refractivity contribution in [2.75, 3.05) is 13.2 Å². The molecule has 7 nitrogen and oxygen atoms in total. The third-order valence-electron chi connectivity index (χ3n) is 12.9. The molecule has 3 heterocycles. The van der Waals surface area contributed by atoms with Gasteiger partial charge in [-0.2, -0.15) is 0 Å². The molecule has 2 fully saturated rings. The Kier molecular flexibility index (Phi) is 16.9. The van der Waals surface area contributed by atoms with Gasteiger partial charge in [0, 0.05) is 24.9 Å². The lowest BCUT2D eigenvalue weighted by molar-refractivity contribution is -0.290. The maximum Gasteiger partial charge on any atom is 0.261 e. The van der Waals surface area contributed by atoms with Crippen LogP contribution in [0, 0.1) is 17.3 Å². The monoisotopic (exact) mass is 838 g/mol. The molecule has 0 amide bonds. The first-order valence-corrected chi connectivity index (χ1v) is 24.5. The van der Waals surface area contributed by atoms with E-state index < -0.39 is 19.5 Å². The van der Waals surface area contributed by atoms with Crippen molar-refractivity contribution < 1.29 is 28.2 Å². The van der Waals surface area contributed by atoms with Crippen LogP contribution in [0.5, 0.6) is 0 Å². The summed E-state index contributed by atoms with van der Waals surface area (Å²) in [5.41, 5.74) is 2.57. The first-order chi connectivity index (χ1) is 28.5. The van der Waals surface area contributed by atoms with Crippen LogP contribution in [0.4, 0.5) is 0 Å². The number of allylic oxidation sites excluding steroid dienone is 1. The van der Waals surface area contributed by atoms with Crippen LogP contribution in [0.2, 0.25) is 5.04 Å². The predicted octanol–water partition coefficient (Wildman–Crippen LogP) is 11.0. The van der Waals surface area contributed by atoms with Crippen molar-refractivity contribution in [1.29, 1.82) is 0 Å². The third-order valence-corrected chi connectivity index (χ3v) is 18.0. The van der Waals surface area contributed by atoms with Gasteiger partial charge in [-0.3, -0.25) is 9.78 Å². The van der Waals surface area contributed by atoms with E-state index in [4.69, 9.17) is 23.4 Å². The molecule has 2 aliphatic heterocycles. The summed E-state index contributed by atoms with van der Waals surface area (Å²) >= 11 is 0. The van der Waals surface area contributed by atoms with E-state index >= 15 is 4.79 Å². The maximum absolute atomic E-state index is 15.1. The highest BCUT2D eigenvalue weighted by molar-refractivity contribution is 6.99. The zero-order valence-electron chi connectivity index (χ0n) is 38.5. The van der Waals surface area contributed by atoms with Gasteiger partial charge < -0.3 is 23.4 Å². The van der Waals surface area contributed by atoms with Crippen molar-refractivity contribution >= 4 is 24.5 Å². The lowest BCUT2D eigenvalue weighted by Gasteiger charge is -2.46. The molecular weight excluding hydrogens is 763 g/mol. The first-order valence-electron chi connectivity index (χ1n) is 22.6. The van der Waals surface area contributed by atoms with Gasteiger partial charge in [0.15, 0.2) is 12.1 Å². The largest absolute Gasteiger partial charge is 0.401 e. The van der Waals surface area contributed by atoms with Gasteiger partial charge in [0.25, 0.3) is 8.32 Å². The van der Waals surface area contributed by atoms with Crippen molar-refractivity contribution in [2.24, 2.45) is 17.3 Å². The number of ether oxygens (including phenoxy) is 4. The van der Waals surface area contributed by atoms with Gasteiger partial charge >= 0.3 is 0 Å². The van der Waals surface area contributed by atoms with Crippen molar-refractivity contribution in [3.05, 3.63) is 115 Å². The fraction of sp³-hybridized carbons (Fsp3) is 0.577. The number of pyridine rings is 1. The summed E-state index contributed by atoms with van der Waals surface area (Å²) in [6.07, 6.45) is 12.7. The molecule has 2 saturated heterocycles. The average molecular weight is 838 g/mol. The van der Waals surface area contributed by atoms with E-state index in [0.717, 1.165) is 56.1 Å². The van der Waals surface area contributed by atoms with E-state index in [1.54, 1.807) is 6.20 Å². The molecule has 0 bridgehead atoms. The molecule has 0 aliphatic carbocycles. The van der Waals surface area contributed by atoms with Crippen LogP contribution in [0.3, 0.4) is 0 Å². The molecule has 1 aromatic heterocycles. The second-order valence-corrected chi connectivity index (χ2v) is 23.7. The van der Waals surface area contributed by atoms with Crippen LogP contribution in [0.1, 0.15) is 126 Å². The van der Waals surface area contributed by atoms with Gasteiger partial charge in [0.05, 0.1) is 30.3 Å². The van der Waals surface area contributed by atoms with Crippen molar-refractivity contribution in [1.82, 2.24) is 4.98 Å². The van der Waals surface area contributed by atoms with Crippen molar-refractivity contribution in [3.63, 3.8) is 0 Å². The Morgan fingerprint density at radius 3 is 2.17 bits per heavy atom. The molecule has 7 atom stereocenters. The second-order valence-electron chi connectivity index (χ2n) is 19.4. The Morgan fingerprint density at radius 1 is 0.950 bits per heavy atom. The van der Waals surface area contributed by atoms with Crippen LogP contribution in [0.25, 0.3) is 0 Å². The number of rotatable bonds is 20. The fourth-order valence-electron chi connectivity index (χ4n) is 9.52. The summed E-state index contributed by atoms with van der Waals surface area (Å²) in [7, 11) is -2.75. The van der Waals surface area contributed by atoms with E-state index in [1.807, 2.05) is 26.1 Å². The van der Waals surface area contributed by atoms with Gasteiger partial charge in [0.1, 0.15) is 5.78 Å². The summed E-state index contributed by atoms with van der Waals surface area (Å²) in [5, 5.41) is 2.42. The van der Waals surface area contributed by atoms with Gasteiger partial charge in [0.2, 0.25) is 0 Å². The van der Waals surface area contributed by atoms with Gasteiger partial charge in [-0.25, -0.2) is 0 Å². The highest BCUT2D eigenvalue weighted by Crippen LogP contribution is 2.42. The summed E-state index contributed by atoms with van der Waals surface area (Å²) in [6.45, 7) is 27.2. The molecule has 0 N–H and O–H groups in total. The van der Waals surface area contributed by atoms with E-state index in [1.165, 1.54) is 15.9 Å². The summed E-state index contributed by atoms with van der Waals surface area (Å²) < 4.78 is 33.0. The molecule has 5 rings (SSSR count). The normalized spacial score (nSPS) is 21.9. The topological polar surface area (TPSA) is 76.1 Å². The minimum Gasteiger partial charge on any atom is -0.401 e. The first kappa shape index (κ1) is 47.8. The Hall–Kier alpha value is -3.24. The highest BCUT2D eigenvalue weighted by atomic mass is 28.4. The lowest BCUT2D eigenvalue weighted by atomic mass is 9.68. The van der Waals surface area contributed by atoms with Gasteiger partial charge in [-0.1, -0.05) is 125 Å². The Morgan fingerprint density at radius 2 is 1.62 bits per heavy atom. The molecular formula is C52H75NO6Si. The number of benzene rings is 2. The number of Topliss-reactive ketones (excluding diaryl/α,β-unsaturated/α-hetero) is 1. The van der Waals surface area contributed by atoms with E-state index in [-0.39, 0.29) is 47.3 Å². The molecule has 8 heteroatoms. The third kappa shape index (κ3) is 12.0. The lowest BCUT2D eigenvalue weighted by Crippen LogP contribution is -2.67. The number of carbonyl (C=O) groups is 1. The van der Waals surface area contributed by atoms with Crippen LogP contribution < -0.4 is 10.4 Å². The summed E-state index contributed by atoms with van der Waals surface area (Å²) in [5.74, 6) is -0.873. The van der Waals surface area contributed by atoms with E-state index in [2.05, 4.69) is 140 Å². The number of aromatic nitrogens is 1. The summed E-state index contributed by atoms with van der Waals surface area (Å²) in [6, 6.07) is 25.7. The van der Waals surface area contributed by atoms with Crippen LogP contribution in [-0.2, 0) is 34.6 Å². The predicted molar refractivity (Wildman–Crippen MR) is 247 cm³/mol. The van der Waals surface area contributed by atoms with Crippen LogP contribution in [0.15, 0.2) is 109 Å². The average Bonchev–Trinajstić information content (AvgIpc) is 3.22. The zero-order chi connectivity index (χ0) is 43.6. The molecule has 60 heavy (non-hydrogen) atoms. The van der Waals surface area contributed by atoms with E-state index in [9.17, 15) is 0 Å². The van der Waals surface area contributed by atoms with Crippen LogP contribution in [-0.4, -0.2) is 62.7 Å². The Bertz CT molecular complexity index is 1780.